The fourth-order valence-corrected chi connectivity index (χ4v) is 1.10. The van der Waals surface area contributed by atoms with Crippen LogP contribution in [-0.2, 0) is 19.1 Å². The summed E-state index contributed by atoms with van der Waals surface area (Å²) in [7, 11) is 0. The zero-order chi connectivity index (χ0) is 14.3. The molecule has 0 rings (SSSR count). The lowest BCUT2D eigenvalue weighted by Crippen LogP contribution is -2.47. The maximum atomic E-state index is 12.0. The van der Waals surface area contributed by atoms with Gasteiger partial charge in [-0.15, -0.1) is 0 Å². The molecule has 18 heavy (non-hydrogen) atoms. The van der Waals surface area contributed by atoms with Crippen molar-refractivity contribution in [2.45, 2.75) is 32.0 Å². The van der Waals surface area contributed by atoms with E-state index in [4.69, 9.17) is 11.6 Å². The highest BCUT2D eigenvalue weighted by Crippen LogP contribution is 2.15. The van der Waals surface area contributed by atoms with E-state index in [9.17, 15) is 27.6 Å². The van der Waals surface area contributed by atoms with Crippen molar-refractivity contribution >= 4 is 28.7 Å². The molecule has 0 aromatic carbocycles. The van der Waals surface area contributed by atoms with Crippen molar-refractivity contribution in [1.29, 1.82) is 0 Å². The van der Waals surface area contributed by atoms with Gasteiger partial charge in [0, 0.05) is 6.42 Å². The third-order valence-electron chi connectivity index (χ3n) is 1.76. The molecule has 0 aromatic heterocycles. The maximum Gasteiger partial charge on any atom is 0.471 e. The van der Waals surface area contributed by atoms with Crippen molar-refractivity contribution in [2.24, 2.45) is 0 Å². The van der Waals surface area contributed by atoms with Crippen molar-refractivity contribution in [3.05, 3.63) is 0 Å². The molecule has 0 aliphatic carbocycles. The Labute approximate surface area is 106 Å². The van der Waals surface area contributed by atoms with E-state index in [1.54, 1.807) is 0 Å². The highest BCUT2D eigenvalue weighted by atomic mass is 35.5. The smallest absolute Gasteiger partial charge is 0.464 e. The molecule has 0 saturated carbocycles. The molecule has 0 heterocycles. The lowest BCUT2D eigenvalue weighted by atomic mass is 10.1. The number of esters is 1. The second kappa shape index (κ2) is 7.20. The molecular formula is C9H11ClF3NO4. The fourth-order valence-electron chi connectivity index (χ4n) is 0.990. The van der Waals surface area contributed by atoms with Gasteiger partial charge in [0.25, 0.3) is 0 Å². The summed E-state index contributed by atoms with van der Waals surface area (Å²) in [4.78, 5) is 32.4. The molecule has 104 valence electrons. The first kappa shape index (κ1) is 16.7. The lowest BCUT2D eigenvalue weighted by molar-refractivity contribution is -0.176. The Morgan fingerprint density at radius 2 is 1.89 bits per heavy atom. The molecule has 1 N–H and O–H groups in total. The Morgan fingerprint density at radius 3 is 2.28 bits per heavy atom. The SMILES string of the molecule is CCOC(=O)C(CCC(=O)Cl)NC(=O)C(F)(F)F. The van der Waals surface area contributed by atoms with Gasteiger partial charge in [0.2, 0.25) is 5.24 Å². The van der Waals surface area contributed by atoms with E-state index in [-0.39, 0.29) is 19.4 Å². The Morgan fingerprint density at radius 1 is 1.33 bits per heavy atom. The van der Waals surface area contributed by atoms with Crippen molar-refractivity contribution < 1.29 is 32.3 Å². The zero-order valence-corrected chi connectivity index (χ0v) is 10.1. The molecule has 0 aliphatic rings. The standard InChI is InChI=1S/C9H11ClF3NO4/c1-2-18-7(16)5(3-4-6(10)15)14-8(17)9(11,12)13/h5H,2-4H2,1H3,(H,14,17). The van der Waals surface area contributed by atoms with Crippen LogP contribution in [0.1, 0.15) is 19.8 Å². The monoisotopic (exact) mass is 289 g/mol. The quantitative estimate of drug-likeness (QED) is 0.588. The molecule has 1 atom stereocenters. The van der Waals surface area contributed by atoms with E-state index >= 15 is 0 Å². The topological polar surface area (TPSA) is 72.5 Å². The van der Waals surface area contributed by atoms with Gasteiger partial charge in [0.15, 0.2) is 0 Å². The highest BCUT2D eigenvalue weighted by molar-refractivity contribution is 6.63. The Balaban J connectivity index is 4.61. The first-order valence-corrected chi connectivity index (χ1v) is 5.29. The molecule has 0 aromatic rings. The van der Waals surface area contributed by atoms with Gasteiger partial charge in [-0.1, -0.05) is 0 Å². The zero-order valence-electron chi connectivity index (χ0n) is 9.34. The normalized spacial score (nSPS) is 12.7. The Hall–Kier alpha value is -1.31. The molecule has 0 saturated heterocycles. The second-order valence-electron chi connectivity index (χ2n) is 3.17. The van der Waals surface area contributed by atoms with Gasteiger partial charge in [-0.25, -0.2) is 4.79 Å². The van der Waals surface area contributed by atoms with Crippen LogP contribution in [0.15, 0.2) is 0 Å². The minimum Gasteiger partial charge on any atom is -0.464 e. The van der Waals surface area contributed by atoms with Gasteiger partial charge in [-0.3, -0.25) is 9.59 Å². The predicted molar refractivity (Wildman–Crippen MR) is 54.7 cm³/mol. The first-order valence-electron chi connectivity index (χ1n) is 4.91. The maximum absolute atomic E-state index is 12.0. The molecule has 0 bridgehead atoms. The molecular weight excluding hydrogens is 279 g/mol. The summed E-state index contributed by atoms with van der Waals surface area (Å²) in [6, 6.07) is -1.55. The van der Waals surface area contributed by atoms with Crippen LogP contribution in [0.2, 0.25) is 0 Å². The molecule has 0 aliphatic heterocycles. The van der Waals surface area contributed by atoms with E-state index in [1.807, 2.05) is 0 Å². The van der Waals surface area contributed by atoms with Crippen molar-refractivity contribution in [1.82, 2.24) is 5.32 Å². The van der Waals surface area contributed by atoms with Gasteiger partial charge in [-0.2, -0.15) is 13.2 Å². The van der Waals surface area contributed by atoms with Crippen molar-refractivity contribution in [2.75, 3.05) is 6.61 Å². The number of ether oxygens (including phenoxy) is 1. The van der Waals surface area contributed by atoms with Crippen LogP contribution in [0, 0.1) is 0 Å². The number of rotatable bonds is 6. The minimum atomic E-state index is -5.12. The molecule has 9 heteroatoms. The fraction of sp³-hybridized carbons (Fsp3) is 0.667. The van der Waals surface area contributed by atoms with Gasteiger partial charge in [0.1, 0.15) is 6.04 Å². The minimum absolute atomic E-state index is 0.0634. The molecule has 5 nitrogen and oxygen atoms in total. The molecule has 1 amide bonds. The Bertz CT molecular complexity index is 332. The van der Waals surface area contributed by atoms with Crippen LogP contribution in [0.25, 0.3) is 0 Å². The number of nitrogens with one attached hydrogen (secondary N) is 1. The lowest BCUT2D eigenvalue weighted by Gasteiger charge is -2.17. The molecule has 0 radical (unpaired) electrons. The van der Waals surface area contributed by atoms with Crippen LogP contribution >= 0.6 is 11.6 Å². The summed E-state index contributed by atoms with van der Waals surface area (Å²) in [6.07, 6.45) is -5.83. The summed E-state index contributed by atoms with van der Waals surface area (Å²) in [5.41, 5.74) is 0. The average molecular weight is 290 g/mol. The summed E-state index contributed by atoms with van der Waals surface area (Å²) < 4.78 is 40.5. The summed E-state index contributed by atoms with van der Waals surface area (Å²) >= 11 is 5.00. The van der Waals surface area contributed by atoms with Crippen molar-refractivity contribution in [3.63, 3.8) is 0 Å². The third-order valence-corrected chi connectivity index (χ3v) is 1.95. The highest BCUT2D eigenvalue weighted by Gasteiger charge is 2.41. The van der Waals surface area contributed by atoms with Crippen LogP contribution in [0.4, 0.5) is 13.2 Å². The molecule has 1 unspecified atom stereocenters. The number of carbonyl (C=O) groups is 3. The van der Waals surface area contributed by atoms with Crippen LogP contribution < -0.4 is 5.32 Å². The van der Waals surface area contributed by atoms with Crippen LogP contribution in [0.3, 0.4) is 0 Å². The van der Waals surface area contributed by atoms with Gasteiger partial charge in [0.05, 0.1) is 6.61 Å². The predicted octanol–water partition coefficient (Wildman–Crippen LogP) is 1.14. The van der Waals surface area contributed by atoms with Gasteiger partial charge >= 0.3 is 18.1 Å². The van der Waals surface area contributed by atoms with Gasteiger partial charge < -0.3 is 10.1 Å². The van der Waals surface area contributed by atoms with Crippen LogP contribution in [0.5, 0.6) is 0 Å². The van der Waals surface area contributed by atoms with E-state index < -0.39 is 29.3 Å². The van der Waals surface area contributed by atoms with E-state index in [0.717, 1.165) is 0 Å². The van der Waals surface area contributed by atoms with E-state index in [1.165, 1.54) is 12.2 Å². The van der Waals surface area contributed by atoms with Crippen molar-refractivity contribution in [3.8, 4) is 0 Å². The van der Waals surface area contributed by atoms with Crippen LogP contribution in [-0.4, -0.2) is 35.9 Å². The van der Waals surface area contributed by atoms with Gasteiger partial charge in [-0.05, 0) is 24.9 Å². The number of amides is 1. The first-order chi connectivity index (χ1) is 8.18. The summed E-state index contributed by atoms with van der Waals surface area (Å²) in [6.45, 7) is 1.39. The number of carbonyl (C=O) groups excluding carboxylic acids is 3. The average Bonchev–Trinajstić information content (AvgIpc) is 2.22. The summed E-state index contributed by atoms with van der Waals surface area (Å²) in [5, 5.41) is 0.619. The Kier molecular flexibility index (Phi) is 6.67. The summed E-state index contributed by atoms with van der Waals surface area (Å²) in [5.74, 6) is -3.32. The number of hydrogen-bond acceptors (Lipinski definition) is 4. The van der Waals surface area contributed by atoms with E-state index in [0.29, 0.717) is 0 Å². The van der Waals surface area contributed by atoms with E-state index in [2.05, 4.69) is 4.74 Å². The largest absolute Gasteiger partial charge is 0.471 e. The molecule has 0 fully saturated rings. The number of alkyl halides is 3. The number of hydrogen-bond donors (Lipinski definition) is 1. The number of halogens is 4. The second-order valence-corrected chi connectivity index (χ2v) is 3.59. The molecule has 0 spiro atoms. The third kappa shape index (κ3) is 6.43.